The van der Waals surface area contributed by atoms with E-state index in [1.165, 1.54) is 0 Å². The Kier molecular flexibility index (Phi) is 4.59. The number of aromatic nitrogens is 2. The van der Waals surface area contributed by atoms with E-state index >= 15 is 0 Å². The number of hydrogen-bond acceptors (Lipinski definition) is 3. The van der Waals surface area contributed by atoms with Crippen LogP contribution in [0.4, 0.5) is 5.69 Å². The van der Waals surface area contributed by atoms with Gasteiger partial charge in [0.05, 0.1) is 11.0 Å². The summed E-state index contributed by atoms with van der Waals surface area (Å²) in [4.78, 5) is 31.2. The van der Waals surface area contributed by atoms with Gasteiger partial charge in [-0.25, -0.2) is 4.79 Å². The zero-order valence-electron chi connectivity index (χ0n) is 13.7. The van der Waals surface area contributed by atoms with Crippen LogP contribution in [0, 0.1) is 0 Å². The Morgan fingerprint density at radius 2 is 1.64 bits per heavy atom. The van der Waals surface area contributed by atoms with Crippen molar-refractivity contribution in [1.82, 2.24) is 14.9 Å². The van der Waals surface area contributed by atoms with E-state index < -0.39 is 0 Å². The van der Waals surface area contributed by atoms with E-state index in [1.807, 2.05) is 57.7 Å². The van der Waals surface area contributed by atoms with Crippen LogP contribution in [-0.4, -0.2) is 38.9 Å². The molecule has 1 aromatic carbocycles. The van der Waals surface area contributed by atoms with E-state index in [9.17, 15) is 9.59 Å². The van der Waals surface area contributed by atoms with Crippen molar-refractivity contribution in [2.45, 2.75) is 52.7 Å². The third-order valence-electron chi connectivity index (χ3n) is 3.64. The number of carbonyl (C=O) groups is 1. The predicted molar refractivity (Wildman–Crippen MR) is 89.1 cm³/mol. The van der Waals surface area contributed by atoms with Crippen molar-refractivity contribution in [3.63, 3.8) is 0 Å². The number of amides is 1. The van der Waals surface area contributed by atoms with Crippen molar-refractivity contribution < 1.29 is 4.79 Å². The first kappa shape index (κ1) is 16.1. The van der Waals surface area contributed by atoms with E-state index in [1.54, 1.807) is 0 Å². The van der Waals surface area contributed by atoms with Crippen LogP contribution in [0.2, 0.25) is 0 Å². The second-order valence-electron chi connectivity index (χ2n) is 6.14. The number of anilines is 1. The Labute approximate surface area is 129 Å². The van der Waals surface area contributed by atoms with Crippen LogP contribution in [0.3, 0.4) is 0 Å². The Bertz CT molecular complexity index is 706. The lowest BCUT2D eigenvalue weighted by Crippen LogP contribution is -2.48. The van der Waals surface area contributed by atoms with E-state index in [4.69, 9.17) is 0 Å². The van der Waals surface area contributed by atoms with Gasteiger partial charge < -0.3 is 20.2 Å². The minimum atomic E-state index is -0.340. The van der Waals surface area contributed by atoms with Crippen LogP contribution in [0.25, 0.3) is 11.0 Å². The lowest BCUT2D eigenvalue weighted by molar-refractivity contribution is -0.135. The van der Waals surface area contributed by atoms with E-state index in [0.717, 1.165) is 16.7 Å². The molecule has 1 atom stereocenters. The summed E-state index contributed by atoms with van der Waals surface area (Å²) in [6.07, 6.45) is 0. The van der Waals surface area contributed by atoms with Gasteiger partial charge in [0.25, 0.3) is 0 Å². The highest BCUT2D eigenvalue weighted by atomic mass is 16.2. The molecule has 3 N–H and O–H groups in total. The zero-order valence-corrected chi connectivity index (χ0v) is 13.7. The van der Waals surface area contributed by atoms with Crippen LogP contribution >= 0.6 is 0 Å². The molecule has 0 aliphatic rings. The second-order valence-corrected chi connectivity index (χ2v) is 6.14. The number of hydrogen-bond donors (Lipinski definition) is 3. The summed E-state index contributed by atoms with van der Waals surface area (Å²) in [5.41, 5.74) is 2.04. The molecule has 2 rings (SSSR count). The smallest absolute Gasteiger partial charge is 0.323 e. The molecule has 0 spiro atoms. The summed E-state index contributed by atoms with van der Waals surface area (Å²) < 4.78 is 0. The molecule has 0 bridgehead atoms. The van der Waals surface area contributed by atoms with Gasteiger partial charge in [0, 0.05) is 17.8 Å². The Morgan fingerprint density at radius 3 is 2.23 bits per heavy atom. The van der Waals surface area contributed by atoms with Gasteiger partial charge in [-0.2, -0.15) is 0 Å². The van der Waals surface area contributed by atoms with Crippen molar-refractivity contribution in [2.24, 2.45) is 0 Å². The molecule has 0 aliphatic carbocycles. The number of aromatic amines is 2. The normalized spacial score (nSPS) is 12.9. The van der Waals surface area contributed by atoms with Gasteiger partial charge in [0.15, 0.2) is 0 Å². The average Bonchev–Trinajstić information content (AvgIpc) is 2.77. The maximum Gasteiger partial charge on any atom is 0.323 e. The molecule has 0 unspecified atom stereocenters. The van der Waals surface area contributed by atoms with E-state index in [-0.39, 0.29) is 29.7 Å². The summed E-state index contributed by atoms with van der Waals surface area (Å²) in [5.74, 6) is 0.0626. The molecular weight excluding hydrogens is 280 g/mol. The van der Waals surface area contributed by atoms with Crippen LogP contribution in [0.1, 0.15) is 34.6 Å². The summed E-state index contributed by atoms with van der Waals surface area (Å²) in [7, 11) is 0. The number of nitrogens with one attached hydrogen (secondary N) is 3. The van der Waals surface area contributed by atoms with Gasteiger partial charge in [0.1, 0.15) is 6.04 Å². The lowest BCUT2D eigenvalue weighted by Gasteiger charge is -2.33. The Balaban J connectivity index is 2.16. The number of benzene rings is 1. The fourth-order valence-corrected chi connectivity index (χ4v) is 2.76. The van der Waals surface area contributed by atoms with E-state index in [0.29, 0.717) is 0 Å². The predicted octanol–water partition coefficient (Wildman–Crippen LogP) is 2.30. The summed E-state index contributed by atoms with van der Waals surface area (Å²) in [6, 6.07) is 5.46. The van der Waals surface area contributed by atoms with Crippen molar-refractivity contribution in [2.75, 3.05) is 5.32 Å². The maximum absolute atomic E-state index is 12.6. The summed E-state index contributed by atoms with van der Waals surface area (Å²) in [5, 5.41) is 3.21. The molecule has 0 saturated carbocycles. The van der Waals surface area contributed by atoms with Crippen LogP contribution < -0.4 is 11.0 Å². The maximum atomic E-state index is 12.6. The highest BCUT2D eigenvalue weighted by Gasteiger charge is 2.24. The van der Waals surface area contributed by atoms with Crippen molar-refractivity contribution in [3.05, 3.63) is 28.7 Å². The van der Waals surface area contributed by atoms with Gasteiger partial charge in [-0.1, -0.05) is 0 Å². The molecular formula is C16H24N4O2. The molecule has 120 valence electrons. The highest BCUT2D eigenvalue weighted by molar-refractivity contribution is 5.86. The van der Waals surface area contributed by atoms with Crippen LogP contribution in [0.5, 0.6) is 0 Å². The number of nitrogens with zero attached hydrogens (tertiary/aromatic N) is 1. The molecule has 1 heterocycles. The van der Waals surface area contributed by atoms with Gasteiger partial charge in [0.2, 0.25) is 5.91 Å². The number of imidazole rings is 1. The topological polar surface area (TPSA) is 81.0 Å². The van der Waals surface area contributed by atoms with Gasteiger partial charge in [-0.3, -0.25) is 4.79 Å². The molecule has 1 amide bonds. The largest absolute Gasteiger partial charge is 0.374 e. The molecule has 6 heteroatoms. The van der Waals surface area contributed by atoms with Crippen molar-refractivity contribution >= 4 is 22.6 Å². The Morgan fingerprint density at radius 1 is 1.05 bits per heavy atom. The minimum Gasteiger partial charge on any atom is -0.374 e. The highest BCUT2D eigenvalue weighted by Crippen LogP contribution is 2.17. The second kappa shape index (κ2) is 6.25. The molecule has 0 saturated heterocycles. The first-order valence-electron chi connectivity index (χ1n) is 7.60. The van der Waals surface area contributed by atoms with Crippen molar-refractivity contribution in [3.8, 4) is 0 Å². The van der Waals surface area contributed by atoms with Crippen LogP contribution in [0.15, 0.2) is 23.0 Å². The van der Waals surface area contributed by atoms with Gasteiger partial charge in [-0.15, -0.1) is 0 Å². The molecule has 6 nitrogen and oxygen atoms in total. The molecule has 0 radical (unpaired) electrons. The molecule has 2 aromatic rings. The molecule has 0 aliphatic heterocycles. The fourth-order valence-electron chi connectivity index (χ4n) is 2.76. The first-order chi connectivity index (χ1) is 10.3. The first-order valence-corrected chi connectivity index (χ1v) is 7.60. The summed E-state index contributed by atoms with van der Waals surface area (Å²) in [6.45, 7) is 9.91. The third-order valence-corrected chi connectivity index (χ3v) is 3.64. The standard InChI is InChI=1S/C16H24N4O2/c1-9(2)20(10(3)4)15(21)11(5)17-12-6-7-13-14(8-12)19-16(22)18-13/h6-11,17H,1-5H3,(H2,18,19,22)/t11-/m0/s1. The minimum absolute atomic E-state index is 0.0626. The van der Waals surface area contributed by atoms with Crippen molar-refractivity contribution in [1.29, 1.82) is 0 Å². The fraction of sp³-hybridized carbons (Fsp3) is 0.500. The molecule has 1 aromatic heterocycles. The third kappa shape index (κ3) is 3.32. The number of fused-ring (bicyclic) bond motifs is 1. The zero-order chi connectivity index (χ0) is 16.4. The number of carbonyl (C=O) groups excluding carboxylic acids is 1. The van der Waals surface area contributed by atoms with Crippen LogP contribution in [-0.2, 0) is 4.79 Å². The van der Waals surface area contributed by atoms with E-state index in [2.05, 4.69) is 15.3 Å². The molecule has 0 fully saturated rings. The summed E-state index contributed by atoms with van der Waals surface area (Å²) >= 11 is 0. The quantitative estimate of drug-likeness (QED) is 0.793. The monoisotopic (exact) mass is 304 g/mol. The number of H-pyrrole nitrogens is 2. The van der Waals surface area contributed by atoms with Gasteiger partial charge in [-0.05, 0) is 52.8 Å². The Hall–Kier alpha value is -2.24. The van der Waals surface area contributed by atoms with Gasteiger partial charge >= 0.3 is 5.69 Å². The number of rotatable bonds is 5. The molecule has 22 heavy (non-hydrogen) atoms. The average molecular weight is 304 g/mol. The SMILES string of the molecule is CC(C)N(C(=O)[C@H](C)Nc1ccc2[nH]c(=O)[nH]c2c1)C(C)C. The lowest BCUT2D eigenvalue weighted by atomic mass is 10.1.